The van der Waals surface area contributed by atoms with Crippen molar-refractivity contribution in [2.45, 2.75) is 43.7 Å². The van der Waals surface area contributed by atoms with Crippen LogP contribution in [0, 0.1) is 23.7 Å². The number of amides is 2. The van der Waals surface area contributed by atoms with Gasteiger partial charge in [-0.15, -0.1) is 0 Å². The van der Waals surface area contributed by atoms with Crippen LogP contribution < -0.4 is 10.6 Å². The van der Waals surface area contributed by atoms with E-state index in [9.17, 15) is 19.5 Å². The molecule has 7 nitrogen and oxygen atoms in total. The summed E-state index contributed by atoms with van der Waals surface area (Å²) in [5.41, 5.74) is 4.43. The number of fused-ring (bicyclic) bond motifs is 8. The largest absolute Gasteiger partial charge is 0.481 e. The summed E-state index contributed by atoms with van der Waals surface area (Å²) >= 11 is 0. The van der Waals surface area contributed by atoms with Gasteiger partial charge in [-0.3, -0.25) is 9.59 Å². The second kappa shape index (κ2) is 8.15. The van der Waals surface area contributed by atoms with Crippen molar-refractivity contribution >= 4 is 18.0 Å². The number of benzene rings is 2. The zero-order valence-corrected chi connectivity index (χ0v) is 18.8. The fourth-order valence-corrected chi connectivity index (χ4v) is 6.95. The molecule has 2 bridgehead atoms. The first-order valence-corrected chi connectivity index (χ1v) is 12.1. The van der Waals surface area contributed by atoms with Gasteiger partial charge >= 0.3 is 12.1 Å². The zero-order chi connectivity index (χ0) is 23.4. The molecule has 5 atom stereocenters. The second-order valence-electron chi connectivity index (χ2n) is 10.1. The lowest BCUT2D eigenvalue weighted by Gasteiger charge is -2.19. The van der Waals surface area contributed by atoms with Gasteiger partial charge in [0.2, 0.25) is 5.91 Å². The molecule has 2 amide bonds. The topological polar surface area (TPSA) is 105 Å². The fraction of sp³-hybridized carbons (Fsp3) is 0.444. The van der Waals surface area contributed by atoms with Crippen LogP contribution in [0.15, 0.2) is 48.5 Å². The highest BCUT2D eigenvalue weighted by Crippen LogP contribution is 2.65. The third-order valence-corrected chi connectivity index (χ3v) is 8.38. The van der Waals surface area contributed by atoms with E-state index < -0.39 is 30.4 Å². The van der Waals surface area contributed by atoms with Crippen LogP contribution in [-0.4, -0.2) is 41.8 Å². The molecule has 0 aliphatic heterocycles. The first-order valence-electron chi connectivity index (χ1n) is 12.1. The number of rotatable bonds is 7. The minimum absolute atomic E-state index is 0.105. The Bertz CT molecular complexity index is 1100. The maximum absolute atomic E-state index is 12.9. The molecular formula is C27H28N2O5. The van der Waals surface area contributed by atoms with Crippen LogP contribution in [0.2, 0.25) is 0 Å². The maximum atomic E-state index is 12.9. The van der Waals surface area contributed by atoms with Gasteiger partial charge < -0.3 is 20.5 Å². The minimum atomic E-state index is -1.16. The summed E-state index contributed by atoms with van der Waals surface area (Å²) in [4.78, 5) is 36.9. The number of carboxylic acid groups (broad SMARTS) is 1. The third-order valence-electron chi connectivity index (χ3n) is 8.38. The predicted molar refractivity (Wildman–Crippen MR) is 124 cm³/mol. The normalized spacial score (nSPS) is 28.4. The van der Waals surface area contributed by atoms with Crippen LogP contribution in [0.1, 0.15) is 42.7 Å². The number of carbonyl (C=O) groups excluding carboxylic acids is 2. The Kier molecular flexibility index (Phi) is 5.08. The summed E-state index contributed by atoms with van der Waals surface area (Å²) in [5, 5.41) is 14.8. The monoisotopic (exact) mass is 460 g/mol. The van der Waals surface area contributed by atoms with Gasteiger partial charge in [-0.25, -0.2) is 4.79 Å². The van der Waals surface area contributed by atoms with E-state index in [1.807, 2.05) is 36.4 Å². The summed E-state index contributed by atoms with van der Waals surface area (Å²) in [7, 11) is 0. The second-order valence-corrected chi connectivity index (χ2v) is 10.1. The average molecular weight is 461 g/mol. The summed E-state index contributed by atoms with van der Waals surface area (Å²) in [5.74, 6) is 0.753. The Morgan fingerprint density at radius 2 is 1.53 bits per heavy atom. The van der Waals surface area contributed by atoms with Crippen molar-refractivity contribution in [1.29, 1.82) is 0 Å². The van der Waals surface area contributed by atoms with Gasteiger partial charge in [0.25, 0.3) is 0 Å². The van der Waals surface area contributed by atoms with Crippen LogP contribution in [0.5, 0.6) is 0 Å². The van der Waals surface area contributed by atoms with E-state index in [0.29, 0.717) is 23.7 Å². The van der Waals surface area contributed by atoms with Gasteiger partial charge in [-0.05, 0) is 65.2 Å². The van der Waals surface area contributed by atoms with Crippen molar-refractivity contribution in [3.63, 3.8) is 0 Å². The minimum Gasteiger partial charge on any atom is -0.481 e. The van der Waals surface area contributed by atoms with Crippen molar-refractivity contribution in [3.05, 3.63) is 59.7 Å². The smallest absolute Gasteiger partial charge is 0.407 e. The SMILES string of the molecule is O=C(O)CC(NC(=O)OCC1c2ccccc2-c2ccccc21)C(=O)NC1C2C3CCC(C3)C12. The van der Waals surface area contributed by atoms with Crippen molar-refractivity contribution < 1.29 is 24.2 Å². The Labute approximate surface area is 197 Å². The quantitative estimate of drug-likeness (QED) is 0.586. The molecule has 3 saturated carbocycles. The predicted octanol–water partition coefficient (Wildman–Crippen LogP) is 3.53. The number of alkyl carbamates (subject to hydrolysis) is 1. The number of carboxylic acids is 1. The molecule has 34 heavy (non-hydrogen) atoms. The molecular weight excluding hydrogens is 432 g/mol. The molecule has 7 heteroatoms. The van der Waals surface area contributed by atoms with Crippen molar-refractivity contribution in [3.8, 4) is 11.1 Å². The Hall–Kier alpha value is -3.35. The lowest BCUT2D eigenvalue weighted by molar-refractivity contribution is -0.139. The van der Waals surface area contributed by atoms with Crippen molar-refractivity contribution in [1.82, 2.24) is 10.6 Å². The number of hydrogen-bond donors (Lipinski definition) is 3. The van der Waals surface area contributed by atoms with Crippen molar-refractivity contribution in [2.24, 2.45) is 23.7 Å². The van der Waals surface area contributed by atoms with E-state index in [1.54, 1.807) is 0 Å². The van der Waals surface area contributed by atoms with Crippen molar-refractivity contribution in [2.75, 3.05) is 6.61 Å². The molecule has 176 valence electrons. The lowest BCUT2D eigenvalue weighted by atomic mass is 9.98. The van der Waals surface area contributed by atoms with E-state index in [4.69, 9.17) is 4.74 Å². The van der Waals surface area contributed by atoms with Gasteiger partial charge in [0, 0.05) is 12.0 Å². The molecule has 0 aromatic heterocycles. The third kappa shape index (κ3) is 3.54. The van der Waals surface area contributed by atoms with Crippen LogP contribution >= 0.6 is 0 Å². The van der Waals surface area contributed by atoms with Crippen LogP contribution in [0.25, 0.3) is 11.1 Å². The average Bonchev–Trinajstić information content (AvgIpc) is 3.14. The molecule has 4 aliphatic carbocycles. The number of hydrogen-bond acceptors (Lipinski definition) is 4. The van der Waals surface area contributed by atoms with Gasteiger partial charge in [-0.2, -0.15) is 0 Å². The summed E-state index contributed by atoms with van der Waals surface area (Å²) in [6.07, 6.45) is 2.46. The van der Waals surface area contributed by atoms with E-state index in [2.05, 4.69) is 22.8 Å². The molecule has 0 saturated heterocycles. The first kappa shape index (κ1) is 21.2. The maximum Gasteiger partial charge on any atom is 0.407 e. The summed E-state index contributed by atoms with van der Waals surface area (Å²) < 4.78 is 5.52. The molecule has 3 fully saturated rings. The lowest BCUT2D eigenvalue weighted by Crippen LogP contribution is -2.49. The van der Waals surface area contributed by atoms with Gasteiger partial charge in [0.1, 0.15) is 12.6 Å². The van der Waals surface area contributed by atoms with E-state index in [-0.39, 0.29) is 18.6 Å². The highest BCUT2D eigenvalue weighted by molar-refractivity contribution is 5.89. The highest BCUT2D eigenvalue weighted by atomic mass is 16.5. The molecule has 0 heterocycles. The number of nitrogens with one attached hydrogen (secondary N) is 2. The molecule has 0 spiro atoms. The molecule has 2 aromatic carbocycles. The summed E-state index contributed by atoms with van der Waals surface area (Å²) in [6, 6.07) is 15.0. The molecule has 3 N–H and O–H groups in total. The number of aliphatic carboxylic acids is 1. The Morgan fingerprint density at radius 1 is 0.941 bits per heavy atom. The molecule has 4 aliphatic rings. The summed E-state index contributed by atoms with van der Waals surface area (Å²) in [6.45, 7) is 0.109. The van der Waals surface area contributed by atoms with Crippen LogP contribution in [-0.2, 0) is 14.3 Å². The standard InChI is InChI=1S/C27H28N2O5/c30-22(31)12-21(26(32)29-25-23-14-9-10-15(11-14)24(23)25)28-27(33)34-13-20-18-7-3-1-5-16(18)17-6-2-4-8-19(17)20/h1-8,14-15,20-21,23-25H,9-13H2,(H,28,33)(H,29,32)(H,30,31). The van der Waals surface area contributed by atoms with E-state index in [1.165, 1.54) is 19.3 Å². The van der Waals surface area contributed by atoms with Crippen LogP contribution in [0.4, 0.5) is 4.79 Å². The van der Waals surface area contributed by atoms with Gasteiger partial charge in [0.15, 0.2) is 0 Å². The van der Waals surface area contributed by atoms with Gasteiger partial charge in [0.05, 0.1) is 6.42 Å². The molecule has 0 radical (unpaired) electrons. The van der Waals surface area contributed by atoms with Gasteiger partial charge in [-0.1, -0.05) is 48.5 Å². The Balaban J connectivity index is 1.09. The van der Waals surface area contributed by atoms with E-state index >= 15 is 0 Å². The molecule has 2 aromatic rings. The molecule has 6 rings (SSSR count). The van der Waals surface area contributed by atoms with Crippen LogP contribution in [0.3, 0.4) is 0 Å². The van der Waals surface area contributed by atoms with E-state index in [0.717, 1.165) is 22.3 Å². The fourth-order valence-electron chi connectivity index (χ4n) is 6.95. The Morgan fingerprint density at radius 3 is 2.12 bits per heavy atom. The number of carbonyl (C=O) groups is 3. The first-order chi connectivity index (χ1) is 16.5. The number of ether oxygens (including phenoxy) is 1. The zero-order valence-electron chi connectivity index (χ0n) is 18.8. The molecule has 5 unspecified atom stereocenters. The highest BCUT2D eigenvalue weighted by Gasteiger charge is 2.65.